The van der Waals surface area contributed by atoms with Crippen molar-refractivity contribution in [2.24, 2.45) is 0 Å². The first-order valence-corrected chi connectivity index (χ1v) is 7.48. The molecule has 8 heteroatoms. The molecular formula is C13H7Cl2N5S. The van der Waals surface area contributed by atoms with Crippen molar-refractivity contribution in [1.29, 1.82) is 0 Å². The van der Waals surface area contributed by atoms with Gasteiger partial charge in [0.25, 0.3) is 0 Å². The molecule has 0 atom stereocenters. The number of fused-ring (bicyclic) bond motifs is 2. The average Bonchev–Trinajstić information content (AvgIpc) is 3.02. The Labute approximate surface area is 133 Å². The number of nitrogen functional groups attached to an aromatic ring is 1. The second-order valence-corrected chi connectivity index (χ2v) is 5.84. The summed E-state index contributed by atoms with van der Waals surface area (Å²) in [4.78, 5) is 4.34. The Kier molecular flexibility index (Phi) is 2.78. The SMILES string of the molecule is Nc1nc2cc(Cl)ccc2n1-c1c(Cl)ccc2nsnc12. The highest BCUT2D eigenvalue weighted by atomic mass is 35.5. The largest absolute Gasteiger partial charge is 0.369 e. The van der Waals surface area contributed by atoms with Gasteiger partial charge in [0.05, 0.1) is 33.5 Å². The second kappa shape index (κ2) is 4.56. The smallest absolute Gasteiger partial charge is 0.206 e. The molecule has 5 nitrogen and oxygen atoms in total. The highest BCUT2D eigenvalue weighted by Crippen LogP contribution is 2.33. The van der Waals surface area contributed by atoms with E-state index in [9.17, 15) is 0 Å². The van der Waals surface area contributed by atoms with Crippen molar-refractivity contribution in [3.63, 3.8) is 0 Å². The summed E-state index contributed by atoms with van der Waals surface area (Å²) in [6.07, 6.45) is 0. The molecule has 0 amide bonds. The lowest BCUT2D eigenvalue weighted by Gasteiger charge is -2.09. The van der Waals surface area contributed by atoms with Crippen molar-refractivity contribution in [2.45, 2.75) is 0 Å². The van der Waals surface area contributed by atoms with Gasteiger partial charge in [-0.05, 0) is 30.3 Å². The lowest BCUT2D eigenvalue weighted by atomic mass is 10.2. The van der Waals surface area contributed by atoms with Crippen molar-refractivity contribution in [3.8, 4) is 5.69 Å². The maximum atomic E-state index is 6.36. The van der Waals surface area contributed by atoms with E-state index >= 15 is 0 Å². The minimum atomic E-state index is 0.328. The molecule has 0 aliphatic rings. The Bertz CT molecular complexity index is 991. The molecule has 0 aliphatic heterocycles. The van der Waals surface area contributed by atoms with Gasteiger partial charge in [-0.25, -0.2) is 4.98 Å². The van der Waals surface area contributed by atoms with Crippen molar-refractivity contribution < 1.29 is 0 Å². The van der Waals surface area contributed by atoms with E-state index in [4.69, 9.17) is 28.9 Å². The van der Waals surface area contributed by atoms with Crippen LogP contribution in [-0.4, -0.2) is 18.3 Å². The third-order valence-corrected chi connectivity index (χ3v) is 4.30. The Morgan fingerprint density at radius 1 is 1.05 bits per heavy atom. The monoisotopic (exact) mass is 335 g/mol. The predicted molar refractivity (Wildman–Crippen MR) is 86.5 cm³/mol. The zero-order valence-electron chi connectivity index (χ0n) is 10.4. The summed E-state index contributed by atoms with van der Waals surface area (Å²) in [5.41, 5.74) is 9.75. The van der Waals surface area contributed by atoms with Crippen molar-refractivity contribution in [2.75, 3.05) is 5.73 Å². The standard InChI is InChI=1S/C13H7Cl2N5S/c14-6-1-4-10-9(5-6)17-13(16)20(10)12-7(15)2-3-8-11(12)19-21-18-8/h1-5H,(H2,16,17). The van der Waals surface area contributed by atoms with Crippen LogP contribution in [0, 0.1) is 0 Å². The molecule has 4 aromatic rings. The fourth-order valence-corrected chi connectivity index (χ4v) is 3.27. The normalized spacial score (nSPS) is 11.5. The van der Waals surface area contributed by atoms with E-state index in [2.05, 4.69) is 13.7 Å². The fourth-order valence-electron chi connectivity index (χ4n) is 2.33. The van der Waals surface area contributed by atoms with E-state index in [1.165, 1.54) is 0 Å². The van der Waals surface area contributed by atoms with Crippen molar-refractivity contribution >= 4 is 62.9 Å². The van der Waals surface area contributed by atoms with Crippen LogP contribution < -0.4 is 5.73 Å². The third-order valence-electron chi connectivity index (χ3n) is 3.22. The van der Waals surface area contributed by atoms with E-state index in [0.29, 0.717) is 32.7 Å². The van der Waals surface area contributed by atoms with Gasteiger partial charge in [-0.2, -0.15) is 8.75 Å². The van der Waals surface area contributed by atoms with Crippen LogP contribution in [0.5, 0.6) is 0 Å². The molecule has 0 fully saturated rings. The predicted octanol–water partition coefficient (Wildman–Crippen LogP) is 3.92. The first-order chi connectivity index (χ1) is 10.1. The van der Waals surface area contributed by atoms with Crippen LogP contribution in [0.3, 0.4) is 0 Å². The van der Waals surface area contributed by atoms with Gasteiger partial charge in [0.2, 0.25) is 5.95 Å². The highest BCUT2D eigenvalue weighted by Gasteiger charge is 2.17. The van der Waals surface area contributed by atoms with Gasteiger partial charge in [0.15, 0.2) is 0 Å². The van der Waals surface area contributed by atoms with Crippen molar-refractivity contribution in [3.05, 3.63) is 40.4 Å². The topological polar surface area (TPSA) is 69.6 Å². The summed E-state index contributed by atoms with van der Waals surface area (Å²) in [5, 5.41) is 1.14. The van der Waals surface area contributed by atoms with E-state index < -0.39 is 0 Å². The van der Waals surface area contributed by atoms with E-state index in [-0.39, 0.29) is 0 Å². The Morgan fingerprint density at radius 2 is 1.90 bits per heavy atom. The summed E-state index contributed by atoms with van der Waals surface area (Å²) >= 11 is 13.5. The minimum absolute atomic E-state index is 0.328. The van der Waals surface area contributed by atoms with Gasteiger partial charge >= 0.3 is 0 Å². The van der Waals surface area contributed by atoms with Crippen LogP contribution in [0.25, 0.3) is 27.8 Å². The van der Waals surface area contributed by atoms with Gasteiger partial charge in [0.1, 0.15) is 11.0 Å². The number of imidazole rings is 1. The van der Waals surface area contributed by atoms with Crippen LogP contribution >= 0.6 is 34.9 Å². The van der Waals surface area contributed by atoms with Gasteiger partial charge in [-0.1, -0.05) is 23.2 Å². The van der Waals surface area contributed by atoms with Crippen LogP contribution in [-0.2, 0) is 0 Å². The quantitative estimate of drug-likeness (QED) is 0.572. The lowest BCUT2D eigenvalue weighted by molar-refractivity contribution is 1.12. The first kappa shape index (κ1) is 12.8. The molecule has 0 spiro atoms. The molecule has 2 heterocycles. The Morgan fingerprint density at radius 3 is 2.76 bits per heavy atom. The van der Waals surface area contributed by atoms with Gasteiger partial charge < -0.3 is 5.73 Å². The Hall–Kier alpha value is -1.89. The highest BCUT2D eigenvalue weighted by molar-refractivity contribution is 7.00. The maximum Gasteiger partial charge on any atom is 0.206 e. The minimum Gasteiger partial charge on any atom is -0.369 e. The molecule has 2 N–H and O–H groups in total. The fraction of sp³-hybridized carbons (Fsp3) is 0. The van der Waals surface area contributed by atoms with E-state index in [0.717, 1.165) is 22.8 Å². The summed E-state index contributed by atoms with van der Waals surface area (Å²) in [6, 6.07) is 9.01. The van der Waals surface area contributed by atoms with Crippen molar-refractivity contribution in [1.82, 2.24) is 18.3 Å². The van der Waals surface area contributed by atoms with Crippen LogP contribution in [0.15, 0.2) is 30.3 Å². The zero-order valence-corrected chi connectivity index (χ0v) is 12.7. The van der Waals surface area contributed by atoms with Gasteiger partial charge in [-0.15, -0.1) is 0 Å². The molecule has 4 rings (SSSR count). The van der Waals surface area contributed by atoms with E-state index in [1.807, 2.05) is 12.1 Å². The number of rotatable bonds is 1. The van der Waals surface area contributed by atoms with Gasteiger partial charge in [0, 0.05) is 5.02 Å². The third kappa shape index (κ3) is 1.87. The molecule has 0 radical (unpaired) electrons. The number of halogens is 2. The molecule has 0 bridgehead atoms. The molecule has 104 valence electrons. The molecular weight excluding hydrogens is 329 g/mol. The second-order valence-electron chi connectivity index (χ2n) is 4.47. The summed E-state index contributed by atoms with van der Waals surface area (Å²) in [6.45, 7) is 0. The molecule has 2 aromatic heterocycles. The number of hydrogen-bond acceptors (Lipinski definition) is 5. The summed E-state index contributed by atoms with van der Waals surface area (Å²) in [5.74, 6) is 0.328. The molecule has 2 aromatic carbocycles. The number of nitrogens with zero attached hydrogens (tertiary/aromatic N) is 4. The van der Waals surface area contributed by atoms with Crippen LogP contribution in [0.4, 0.5) is 5.95 Å². The van der Waals surface area contributed by atoms with Gasteiger partial charge in [-0.3, -0.25) is 4.57 Å². The number of benzene rings is 2. The number of anilines is 1. The zero-order chi connectivity index (χ0) is 14.6. The number of hydrogen-bond donors (Lipinski definition) is 1. The molecule has 0 unspecified atom stereocenters. The van der Waals surface area contributed by atoms with Crippen LogP contribution in [0.2, 0.25) is 10.0 Å². The number of nitrogens with two attached hydrogens (primary N) is 1. The lowest BCUT2D eigenvalue weighted by Crippen LogP contribution is -2.02. The van der Waals surface area contributed by atoms with E-state index in [1.54, 1.807) is 22.8 Å². The average molecular weight is 336 g/mol. The van der Waals surface area contributed by atoms with Crippen LogP contribution in [0.1, 0.15) is 0 Å². The maximum absolute atomic E-state index is 6.36. The Balaban J connectivity index is 2.16. The molecule has 0 saturated carbocycles. The number of aromatic nitrogens is 4. The molecule has 21 heavy (non-hydrogen) atoms. The summed E-state index contributed by atoms with van der Waals surface area (Å²) in [7, 11) is 0. The summed E-state index contributed by atoms with van der Waals surface area (Å²) < 4.78 is 10.3. The molecule has 0 saturated heterocycles. The first-order valence-electron chi connectivity index (χ1n) is 6.00. The molecule has 0 aliphatic carbocycles.